The molecule has 0 radical (unpaired) electrons. The van der Waals surface area contributed by atoms with Crippen molar-refractivity contribution in [1.29, 1.82) is 0 Å². The molecule has 1 N–H and O–H groups in total. The highest BCUT2D eigenvalue weighted by atomic mass is 16.4. The summed E-state index contributed by atoms with van der Waals surface area (Å²) in [6.45, 7) is 8.82. The first kappa shape index (κ1) is 15.8. The van der Waals surface area contributed by atoms with Gasteiger partial charge in [0.05, 0.1) is 5.41 Å². The lowest BCUT2D eigenvalue weighted by atomic mass is 9.46. The van der Waals surface area contributed by atoms with E-state index in [-0.39, 0.29) is 5.41 Å². The van der Waals surface area contributed by atoms with Crippen LogP contribution in [0.25, 0.3) is 0 Å². The van der Waals surface area contributed by atoms with E-state index in [1.54, 1.807) is 5.57 Å². The second kappa shape index (κ2) is 5.25. The molecule has 0 aromatic heterocycles. The summed E-state index contributed by atoms with van der Waals surface area (Å²) in [7, 11) is 0. The molecule has 0 saturated heterocycles. The van der Waals surface area contributed by atoms with Crippen molar-refractivity contribution >= 4 is 5.97 Å². The van der Waals surface area contributed by atoms with Crippen molar-refractivity contribution in [1.82, 2.24) is 0 Å². The van der Waals surface area contributed by atoms with Crippen LogP contribution in [0.15, 0.2) is 22.8 Å². The molecule has 0 spiro atoms. The van der Waals surface area contributed by atoms with E-state index in [9.17, 15) is 9.90 Å². The van der Waals surface area contributed by atoms with Crippen LogP contribution in [0.2, 0.25) is 0 Å². The van der Waals surface area contributed by atoms with Gasteiger partial charge in [0.2, 0.25) is 0 Å². The van der Waals surface area contributed by atoms with Gasteiger partial charge in [-0.2, -0.15) is 0 Å². The molecule has 22 heavy (non-hydrogen) atoms. The zero-order valence-electron chi connectivity index (χ0n) is 14.5. The molecule has 0 bridgehead atoms. The van der Waals surface area contributed by atoms with Crippen molar-refractivity contribution in [2.24, 2.45) is 22.7 Å². The average Bonchev–Trinajstić information content (AvgIpc) is 2.46. The Morgan fingerprint density at radius 3 is 2.55 bits per heavy atom. The van der Waals surface area contributed by atoms with Gasteiger partial charge in [-0.3, -0.25) is 4.79 Å². The van der Waals surface area contributed by atoms with E-state index in [1.165, 1.54) is 30.4 Å². The first-order valence-electron chi connectivity index (χ1n) is 8.89. The van der Waals surface area contributed by atoms with E-state index in [4.69, 9.17) is 0 Å². The largest absolute Gasteiger partial charge is 0.481 e. The van der Waals surface area contributed by atoms with Gasteiger partial charge in [-0.25, -0.2) is 0 Å². The van der Waals surface area contributed by atoms with Gasteiger partial charge in [-0.05, 0) is 82.1 Å². The Bertz CT molecular complexity index is 552. The molecule has 4 atom stereocenters. The number of allylic oxidation sites excluding steroid dienone is 4. The van der Waals surface area contributed by atoms with Crippen LogP contribution in [0.5, 0.6) is 0 Å². The summed E-state index contributed by atoms with van der Waals surface area (Å²) in [5, 5.41) is 9.84. The molecule has 3 rings (SSSR count). The molecule has 2 fully saturated rings. The zero-order chi connectivity index (χ0) is 16.1. The minimum absolute atomic E-state index is 0.183. The number of carboxylic acid groups (broad SMARTS) is 1. The number of fused-ring (bicyclic) bond motifs is 3. The Morgan fingerprint density at radius 2 is 1.91 bits per heavy atom. The summed E-state index contributed by atoms with van der Waals surface area (Å²) < 4.78 is 0. The van der Waals surface area contributed by atoms with E-state index in [1.807, 2.05) is 6.92 Å². The van der Waals surface area contributed by atoms with Crippen molar-refractivity contribution in [2.45, 2.75) is 72.6 Å². The standard InChI is InChI=1S/C20H30O2/c1-13(2)14-6-8-16-15(12-14)7-9-17-19(16,3)10-5-11-20(17,4)18(21)22/h12,16-17H,5-11H2,1-4H3,(H,21,22)/t16-,17+,19+,20+/m1/s1. The smallest absolute Gasteiger partial charge is 0.309 e. The fourth-order valence-electron chi connectivity index (χ4n) is 5.82. The van der Waals surface area contributed by atoms with Gasteiger partial charge in [-0.15, -0.1) is 0 Å². The Morgan fingerprint density at radius 1 is 1.18 bits per heavy atom. The number of rotatable bonds is 1. The topological polar surface area (TPSA) is 37.3 Å². The van der Waals surface area contributed by atoms with Crippen molar-refractivity contribution < 1.29 is 9.90 Å². The fourth-order valence-corrected chi connectivity index (χ4v) is 5.82. The van der Waals surface area contributed by atoms with Gasteiger partial charge in [0.15, 0.2) is 0 Å². The molecule has 0 amide bonds. The van der Waals surface area contributed by atoms with Crippen molar-refractivity contribution in [3.63, 3.8) is 0 Å². The molecular formula is C20H30O2. The molecular weight excluding hydrogens is 272 g/mol. The summed E-state index contributed by atoms with van der Waals surface area (Å²) in [4.78, 5) is 12.0. The molecule has 0 aromatic rings. The molecule has 3 aliphatic rings. The second-order valence-electron chi connectivity index (χ2n) is 8.51. The van der Waals surface area contributed by atoms with Crippen LogP contribution in [0, 0.1) is 22.7 Å². The summed E-state index contributed by atoms with van der Waals surface area (Å²) in [6, 6.07) is 0. The molecule has 2 nitrogen and oxygen atoms in total. The Labute approximate surface area is 134 Å². The molecule has 2 saturated carbocycles. The molecule has 0 aliphatic heterocycles. The van der Waals surface area contributed by atoms with E-state index < -0.39 is 11.4 Å². The molecule has 3 aliphatic carbocycles. The SMILES string of the molecule is CC(C)=C1C=C2CC[C@H]3[C@@](C)(CCC[C@]3(C)C(=O)O)[C@@H]2CC1. The van der Waals surface area contributed by atoms with Crippen LogP contribution in [-0.2, 0) is 4.79 Å². The van der Waals surface area contributed by atoms with Gasteiger partial charge in [-0.1, -0.05) is 30.6 Å². The van der Waals surface area contributed by atoms with Crippen LogP contribution >= 0.6 is 0 Å². The van der Waals surface area contributed by atoms with Crippen LogP contribution in [-0.4, -0.2) is 11.1 Å². The summed E-state index contributed by atoms with van der Waals surface area (Å²) in [5.74, 6) is 0.367. The maximum atomic E-state index is 12.0. The molecule has 0 unspecified atom stereocenters. The van der Waals surface area contributed by atoms with Gasteiger partial charge < -0.3 is 5.11 Å². The average molecular weight is 302 g/mol. The minimum atomic E-state index is -0.573. The van der Waals surface area contributed by atoms with Crippen LogP contribution in [0.4, 0.5) is 0 Å². The fraction of sp³-hybridized carbons (Fsp3) is 0.750. The number of carbonyl (C=O) groups is 1. The zero-order valence-corrected chi connectivity index (χ0v) is 14.5. The predicted octanol–water partition coefficient (Wildman–Crippen LogP) is 5.35. The van der Waals surface area contributed by atoms with E-state index in [0.717, 1.165) is 25.7 Å². The normalized spacial score (nSPS) is 41.3. The second-order valence-corrected chi connectivity index (χ2v) is 8.51. The third kappa shape index (κ3) is 2.18. The highest BCUT2D eigenvalue weighted by Crippen LogP contribution is 2.63. The molecule has 122 valence electrons. The van der Waals surface area contributed by atoms with Gasteiger partial charge in [0, 0.05) is 0 Å². The van der Waals surface area contributed by atoms with E-state index in [0.29, 0.717) is 11.8 Å². The van der Waals surface area contributed by atoms with Crippen LogP contribution in [0.3, 0.4) is 0 Å². The summed E-state index contributed by atoms with van der Waals surface area (Å²) in [5.41, 5.74) is 4.23. The molecule has 0 aromatic carbocycles. The highest BCUT2D eigenvalue weighted by Gasteiger charge is 2.57. The third-order valence-electron chi connectivity index (χ3n) is 7.13. The maximum absolute atomic E-state index is 12.0. The predicted molar refractivity (Wildman–Crippen MR) is 89.6 cm³/mol. The van der Waals surface area contributed by atoms with Crippen molar-refractivity contribution in [3.8, 4) is 0 Å². The Hall–Kier alpha value is -1.05. The van der Waals surface area contributed by atoms with Crippen LogP contribution in [0.1, 0.15) is 72.6 Å². The highest BCUT2D eigenvalue weighted by molar-refractivity contribution is 5.75. The minimum Gasteiger partial charge on any atom is -0.481 e. The number of hydrogen-bond donors (Lipinski definition) is 1. The summed E-state index contributed by atoms with van der Waals surface area (Å²) in [6.07, 6.45) is 10.1. The van der Waals surface area contributed by atoms with Crippen molar-refractivity contribution in [2.75, 3.05) is 0 Å². The van der Waals surface area contributed by atoms with E-state index in [2.05, 4.69) is 26.8 Å². The number of hydrogen-bond acceptors (Lipinski definition) is 1. The Kier molecular flexibility index (Phi) is 3.78. The molecule has 0 heterocycles. The van der Waals surface area contributed by atoms with Gasteiger partial charge >= 0.3 is 5.97 Å². The maximum Gasteiger partial charge on any atom is 0.309 e. The van der Waals surface area contributed by atoms with E-state index >= 15 is 0 Å². The lowest BCUT2D eigenvalue weighted by Gasteiger charge is -2.58. The number of carboxylic acids is 1. The first-order chi connectivity index (χ1) is 10.3. The monoisotopic (exact) mass is 302 g/mol. The summed E-state index contributed by atoms with van der Waals surface area (Å²) >= 11 is 0. The quantitative estimate of drug-likeness (QED) is 0.709. The van der Waals surface area contributed by atoms with Gasteiger partial charge in [0.25, 0.3) is 0 Å². The molecule has 2 heteroatoms. The third-order valence-corrected chi connectivity index (χ3v) is 7.13. The first-order valence-corrected chi connectivity index (χ1v) is 8.89. The lowest BCUT2D eigenvalue weighted by Crippen LogP contribution is -2.53. The van der Waals surface area contributed by atoms with Crippen molar-refractivity contribution in [3.05, 3.63) is 22.8 Å². The lowest BCUT2D eigenvalue weighted by molar-refractivity contribution is -0.164. The Balaban J connectivity index is 1.99. The van der Waals surface area contributed by atoms with Gasteiger partial charge in [0.1, 0.15) is 0 Å². The van der Waals surface area contributed by atoms with Crippen LogP contribution < -0.4 is 0 Å². The number of aliphatic carboxylic acids is 1.